The van der Waals surface area contributed by atoms with Crippen molar-refractivity contribution < 1.29 is 35.6 Å². The summed E-state index contributed by atoms with van der Waals surface area (Å²) in [6.07, 6.45) is -0.589. The number of amides is 2. The SMILES string of the molecule is CCc1ccc(S(C)(=O)=O)cc1C(=O)N1[C@@H](C(=O)N[C@@H](c2ccc(C(F)(F)F)cc2F)C2CC2)C[C@H]2C[C@H]21. The quantitative estimate of drug-likeness (QED) is 0.506. The van der Waals surface area contributed by atoms with E-state index in [9.17, 15) is 35.6 Å². The predicted octanol–water partition coefficient (Wildman–Crippen LogP) is 4.68. The maximum Gasteiger partial charge on any atom is 0.416 e. The fourth-order valence-corrected chi connectivity index (χ4v) is 6.15. The molecule has 1 heterocycles. The van der Waals surface area contributed by atoms with Crippen molar-refractivity contribution in [2.24, 2.45) is 11.8 Å². The lowest BCUT2D eigenvalue weighted by Crippen LogP contribution is -2.49. The summed E-state index contributed by atoms with van der Waals surface area (Å²) in [6, 6.07) is 4.95. The van der Waals surface area contributed by atoms with Crippen molar-refractivity contribution in [3.05, 3.63) is 64.5 Å². The molecule has 3 aliphatic rings. The van der Waals surface area contributed by atoms with Gasteiger partial charge in [-0.15, -0.1) is 0 Å². The van der Waals surface area contributed by atoms with Crippen LogP contribution in [0.25, 0.3) is 0 Å². The Morgan fingerprint density at radius 1 is 1.11 bits per heavy atom. The van der Waals surface area contributed by atoms with Crippen LogP contribution in [0.5, 0.6) is 0 Å². The third-order valence-corrected chi connectivity index (χ3v) is 8.93. The number of carbonyl (C=O) groups is 2. The zero-order valence-electron chi connectivity index (χ0n) is 20.9. The Balaban J connectivity index is 1.41. The summed E-state index contributed by atoms with van der Waals surface area (Å²) in [6.45, 7) is 1.85. The van der Waals surface area contributed by atoms with E-state index in [1.807, 2.05) is 6.92 Å². The molecule has 3 fully saturated rings. The fraction of sp³-hybridized carbons (Fsp3) is 0.481. The summed E-state index contributed by atoms with van der Waals surface area (Å²) in [5.74, 6) is -1.92. The van der Waals surface area contributed by atoms with Crippen molar-refractivity contribution in [2.45, 2.75) is 68.2 Å². The molecule has 2 saturated carbocycles. The van der Waals surface area contributed by atoms with Gasteiger partial charge in [0, 0.05) is 23.4 Å². The van der Waals surface area contributed by atoms with E-state index >= 15 is 0 Å². The number of likely N-dealkylation sites (tertiary alicyclic amines) is 1. The highest BCUT2D eigenvalue weighted by molar-refractivity contribution is 7.90. The molecule has 1 N–H and O–H groups in total. The van der Waals surface area contributed by atoms with E-state index in [2.05, 4.69) is 5.32 Å². The number of aryl methyl sites for hydroxylation is 1. The Hall–Kier alpha value is -2.95. The largest absolute Gasteiger partial charge is 0.416 e. The van der Waals surface area contributed by atoms with E-state index < -0.39 is 51.3 Å². The number of hydrogen-bond acceptors (Lipinski definition) is 4. The normalized spacial score (nSPS) is 23.6. The second-order valence-electron chi connectivity index (χ2n) is 10.5. The van der Waals surface area contributed by atoms with Gasteiger partial charge in [0.05, 0.1) is 16.5 Å². The molecule has 2 aromatic rings. The van der Waals surface area contributed by atoms with Gasteiger partial charge < -0.3 is 10.2 Å². The molecule has 204 valence electrons. The molecule has 4 atom stereocenters. The molecule has 11 heteroatoms. The van der Waals surface area contributed by atoms with Crippen LogP contribution in [0.4, 0.5) is 17.6 Å². The van der Waals surface area contributed by atoms with Gasteiger partial charge >= 0.3 is 6.18 Å². The van der Waals surface area contributed by atoms with Gasteiger partial charge in [-0.3, -0.25) is 9.59 Å². The highest BCUT2D eigenvalue weighted by atomic mass is 32.2. The number of halogens is 4. The van der Waals surface area contributed by atoms with Crippen molar-refractivity contribution in [3.63, 3.8) is 0 Å². The second-order valence-corrected chi connectivity index (χ2v) is 12.5. The van der Waals surface area contributed by atoms with Gasteiger partial charge in [-0.1, -0.05) is 19.1 Å². The van der Waals surface area contributed by atoms with E-state index in [0.717, 1.165) is 24.8 Å². The van der Waals surface area contributed by atoms with E-state index in [-0.39, 0.29) is 33.9 Å². The lowest BCUT2D eigenvalue weighted by molar-refractivity contribution is -0.137. The van der Waals surface area contributed by atoms with Crippen LogP contribution in [0.3, 0.4) is 0 Å². The standard InChI is InChI=1S/C27H28F4N2O4S/c1-3-14-6-8-18(38(2,36)37)13-20(14)26(35)33-22-10-16(22)11-23(33)25(34)32-24(15-4-5-15)19-9-7-17(12-21(19)28)27(29,30)31/h6-9,12-13,15-16,22-24H,3-5,10-11H2,1-2H3,(H,32,34)/t16-,22-,23-,24-/m1/s1. The first kappa shape index (κ1) is 26.6. The van der Waals surface area contributed by atoms with Crippen molar-refractivity contribution >= 4 is 21.7 Å². The smallest absolute Gasteiger partial charge is 0.347 e. The monoisotopic (exact) mass is 552 g/mol. The first-order valence-electron chi connectivity index (χ1n) is 12.6. The second kappa shape index (κ2) is 9.36. The van der Waals surface area contributed by atoms with Gasteiger partial charge in [-0.25, -0.2) is 12.8 Å². The van der Waals surface area contributed by atoms with Crippen LogP contribution in [0.1, 0.15) is 65.7 Å². The van der Waals surface area contributed by atoms with Crippen LogP contribution >= 0.6 is 0 Å². The number of alkyl halides is 3. The average molecular weight is 553 g/mol. The van der Waals surface area contributed by atoms with Crippen LogP contribution in [0.2, 0.25) is 0 Å². The van der Waals surface area contributed by atoms with Crippen molar-refractivity contribution in [1.29, 1.82) is 0 Å². The first-order chi connectivity index (χ1) is 17.8. The molecule has 2 aliphatic carbocycles. The molecular formula is C27H28F4N2O4S. The summed E-state index contributed by atoms with van der Waals surface area (Å²) in [5.41, 5.74) is -0.221. The Morgan fingerprint density at radius 2 is 1.82 bits per heavy atom. The van der Waals surface area contributed by atoms with Gasteiger partial charge in [0.15, 0.2) is 9.84 Å². The average Bonchev–Trinajstić information content (AvgIpc) is 3.78. The third kappa shape index (κ3) is 5.04. The number of hydrogen-bond donors (Lipinski definition) is 1. The summed E-state index contributed by atoms with van der Waals surface area (Å²) < 4.78 is 78.1. The number of benzene rings is 2. The Labute approximate surface area is 218 Å². The Kier molecular flexibility index (Phi) is 6.56. The van der Waals surface area contributed by atoms with E-state index in [1.165, 1.54) is 17.0 Å². The minimum Gasteiger partial charge on any atom is -0.347 e. The number of carbonyl (C=O) groups excluding carboxylic acids is 2. The van der Waals surface area contributed by atoms with Gasteiger partial charge in [0.25, 0.3) is 5.91 Å². The number of piperidine rings is 1. The molecule has 1 aliphatic heterocycles. The molecule has 5 rings (SSSR count). The van der Waals surface area contributed by atoms with Crippen LogP contribution in [-0.2, 0) is 27.2 Å². The predicted molar refractivity (Wildman–Crippen MR) is 130 cm³/mol. The molecule has 0 spiro atoms. The molecule has 0 bridgehead atoms. The molecule has 0 unspecified atom stereocenters. The van der Waals surface area contributed by atoms with E-state index in [4.69, 9.17) is 0 Å². The lowest BCUT2D eigenvalue weighted by atomic mass is 9.98. The van der Waals surface area contributed by atoms with Gasteiger partial charge in [0.2, 0.25) is 5.91 Å². The molecule has 6 nitrogen and oxygen atoms in total. The van der Waals surface area contributed by atoms with Gasteiger partial charge in [-0.05, 0) is 73.8 Å². The third-order valence-electron chi connectivity index (χ3n) is 7.82. The molecule has 1 saturated heterocycles. The highest BCUT2D eigenvalue weighted by Gasteiger charge is 2.56. The fourth-order valence-electron chi connectivity index (χ4n) is 5.50. The topological polar surface area (TPSA) is 83.6 Å². The number of nitrogens with one attached hydrogen (secondary N) is 1. The Morgan fingerprint density at radius 3 is 2.39 bits per heavy atom. The number of rotatable bonds is 7. The van der Waals surface area contributed by atoms with Crippen molar-refractivity contribution in [2.75, 3.05) is 6.26 Å². The molecule has 2 aromatic carbocycles. The molecule has 2 amide bonds. The van der Waals surface area contributed by atoms with Gasteiger partial charge in [-0.2, -0.15) is 13.2 Å². The summed E-state index contributed by atoms with van der Waals surface area (Å²) in [4.78, 5) is 28.7. The maximum absolute atomic E-state index is 14.8. The first-order valence-corrected chi connectivity index (χ1v) is 14.5. The molecular weight excluding hydrogens is 524 g/mol. The Bertz CT molecular complexity index is 1400. The van der Waals surface area contributed by atoms with Crippen LogP contribution in [0.15, 0.2) is 41.3 Å². The molecule has 0 aromatic heterocycles. The zero-order valence-corrected chi connectivity index (χ0v) is 21.7. The number of fused-ring (bicyclic) bond motifs is 1. The van der Waals surface area contributed by atoms with E-state index in [0.29, 0.717) is 37.3 Å². The van der Waals surface area contributed by atoms with Crippen LogP contribution < -0.4 is 5.32 Å². The highest BCUT2D eigenvalue weighted by Crippen LogP contribution is 2.49. The number of nitrogens with zero attached hydrogens (tertiary/aromatic N) is 1. The van der Waals surface area contributed by atoms with Crippen LogP contribution in [-0.4, -0.2) is 43.5 Å². The minimum absolute atomic E-state index is 0.0102. The zero-order chi connectivity index (χ0) is 27.6. The molecule has 38 heavy (non-hydrogen) atoms. The van der Waals surface area contributed by atoms with E-state index in [1.54, 1.807) is 6.07 Å². The summed E-state index contributed by atoms with van der Waals surface area (Å²) in [5, 5.41) is 2.83. The van der Waals surface area contributed by atoms with Crippen LogP contribution in [0, 0.1) is 17.7 Å². The lowest BCUT2D eigenvalue weighted by Gasteiger charge is -2.30. The minimum atomic E-state index is -4.69. The number of sulfone groups is 1. The summed E-state index contributed by atoms with van der Waals surface area (Å²) in [7, 11) is -3.56. The van der Waals surface area contributed by atoms with Crippen molar-refractivity contribution in [3.8, 4) is 0 Å². The van der Waals surface area contributed by atoms with Gasteiger partial charge in [0.1, 0.15) is 11.9 Å². The molecule has 0 radical (unpaired) electrons. The van der Waals surface area contributed by atoms with Crippen molar-refractivity contribution in [1.82, 2.24) is 10.2 Å². The summed E-state index contributed by atoms with van der Waals surface area (Å²) >= 11 is 0. The maximum atomic E-state index is 14.8.